The maximum absolute atomic E-state index is 11.1. The smallest absolute Gasteiger partial charge is 0.306 e. The fourth-order valence-corrected chi connectivity index (χ4v) is 2.43. The van der Waals surface area contributed by atoms with E-state index in [1.54, 1.807) is 6.07 Å². The molecule has 0 amide bonds. The number of methoxy groups -OCH3 is 1. The van der Waals surface area contributed by atoms with E-state index < -0.39 is 0 Å². The maximum Gasteiger partial charge on any atom is 0.306 e. The Morgan fingerprint density at radius 3 is 2.71 bits per heavy atom. The van der Waals surface area contributed by atoms with Crippen LogP contribution in [0.2, 0.25) is 0 Å². The molecular weight excluding hydrogens is 268 g/mol. The zero-order valence-electron chi connectivity index (χ0n) is 12.5. The summed E-state index contributed by atoms with van der Waals surface area (Å²) in [4.78, 5) is 20.1. The Bertz CT molecular complexity index is 545. The molecule has 1 aromatic heterocycles. The Labute approximate surface area is 124 Å². The molecule has 0 aromatic carbocycles. The zero-order chi connectivity index (χ0) is 15.2. The SMILES string of the molecule is COC(=O)CCN1CCN(c2cc(C#N)cc(C)n2)CC1. The quantitative estimate of drug-likeness (QED) is 0.768. The Balaban J connectivity index is 1.91. The molecule has 1 aliphatic rings. The van der Waals surface area contributed by atoms with Crippen molar-refractivity contribution < 1.29 is 9.53 Å². The Kier molecular flexibility index (Phi) is 5.12. The third kappa shape index (κ3) is 4.17. The predicted molar refractivity (Wildman–Crippen MR) is 79.0 cm³/mol. The molecule has 1 aliphatic heterocycles. The number of carbonyl (C=O) groups excluding carboxylic acids is 1. The van der Waals surface area contributed by atoms with Crippen molar-refractivity contribution in [2.24, 2.45) is 0 Å². The number of aryl methyl sites for hydroxylation is 1. The van der Waals surface area contributed by atoms with E-state index in [-0.39, 0.29) is 5.97 Å². The molecule has 6 heteroatoms. The lowest BCUT2D eigenvalue weighted by Gasteiger charge is -2.35. The van der Waals surface area contributed by atoms with Crippen LogP contribution in [-0.2, 0) is 9.53 Å². The number of hydrogen-bond donors (Lipinski definition) is 0. The summed E-state index contributed by atoms with van der Waals surface area (Å²) < 4.78 is 4.65. The van der Waals surface area contributed by atoms with E-state index in [9.17, 15) is 4.79 Å². The molecule has 1 aromatic rings. The number of nitrogens with zero attached hydrogens (tertiary/aromatic N) is 4. The van der Waals surface area contributed by atoms with Gasteiger partial charge in [0.25, 0.3) is 0 Å². The van der Waals surface area contributed by atoms with Crippen molar-refractivity contribution in [3.05, 3.63) is 23.4 Å². The second-order valence-electron chi connectivity index (χ2n) is 5.12. The van der Waals surface area contributed by atoms with Gasteiger partial charge in [0.2, 0.25) is 0 Å². The normalized spacial score (nSPS) is 15.6. The minimum absolute atomic E-state index is 0.170. The van der Waals surface area contributed by atoms with Gasteiger partial charge in [0.05, 0.1) is 25.2 Å². The fraction of sp³-hybridized carbons (Fsp3) is 0.533. The molecule has 0 unspecified atom stereocenters. The molecule has 0 spiro atoms. The molecule has 0 radical (unpaired) electrons. The van der Waals surface area contributed by atoms with Gasteiger partial charge in [0.15, 0.2) is 0 Å². The first-order chi connectivity index (χ1) is 10.1. The first-order valence-corrected chi connectivity index (χ1v) is 7.05. The van der Waals surface area contributed by atoms with E-state index in [4.69, 9.17) is 5.26 Å². The molecular formula is C15H20N4O2. The molecule has 2 rings (SSSR count). The van der Waals surface area contributed by atoms with Gasteiger partial charge in [0, 0.05) is 38.4 Å². The summed E-state index contributed by atoms with van der Waals surface area (Å²) in [6.07, 6.45) is 0.428. The van der Waals surface area contributed by atoms with Gasteiger partial charge in [-0.1, -0.05) is 0 Å². The van der Waals surface area contributed by atoms with E-state index in [0.29, 0.717) is 12.0 Å². The number of hydrogen-bond acceptors (Lipinski definition) is 6. The average molecular weight is 288 g/mol. The van der Waals surface area contributed by atoms with Crippen LogP contribution in [0.1, 0.15) is 17.7 Å². The van der Waals surface area contributed by atoms with Crippen molar-refractivity contribution in [3.63, 3.8) is 0 Å². The summed E-state index contributed by atoms with van der Waals surface area (Å²) in [5.41, 5.74) is 1.50. The topological polar surface area (TPSA) is 69.5 Å². The van der Waals surface area contributed by atoms with Crippen molar-refractivity contribution in [3.8, 4) is 6.07 Å². The second-order valence-corrected chi connectivity index (χ2v) is 5.12. The van der Waals surface area contributed by atoms with Gasteiger partial charge in [0.1, 0.15) is 5.82 Å². The summed E-state index contributed by atoms with van der Waals surface area (Å²) in [5, 5.41) is 9.02. The monoisotopic (exact) mass is 288 g/mol. The van der Waals surface area contributed by atoms with E-state index in [1.807, 2.05) is 13.0 Å². The van der Waals surface area contributed by atoms with Crippen molar-refractivity contribution in [1.29, 1.82) is 5.26 Å². The summed E-state index contributed by atoms with van der Waals surface area (Å²) >= 11 is 0. The number of esters is 1. The molecule has 1 saturated heterocycles. The van der Waals surface area contributed by atoms with Gasteiger partial charge in [-0.3, -0.25) is 9.69 Å². The first-order valence-electron chi connectivity index (χ1n) is 7.05. The largest absolute Gasteiger partial charge is 0.469 e. The number of pyridine rings is 1. The number of anilines is 1. The Morgan fingerprint density at radius 2 is 2.10 bits per heavy atom. The van der Waals surface area contributed by atoms with E-state index in [0.717, 1.165) is 44.2 Å². The lowest BCUT2D eigenvalue weighted by Crippen LogP contribution is -2.47. The highest BCUT2D eigenvalue weighted by Gasteiger charge is 2.19. The minimum Gasteiger partial charge on any atom is -0.469 e. The van der Waals surface area contributed by atoms with Crippen LogP contribution in [-0.4, -0.2) is 55.7 Å². The van der Waals surface area contributed by atoms with E-state index in [1.165, 1.54) is 7.11 Å². The molecule has 6 nitrogen and oxygen atoms in total. The van der Waals surface area contributed by atoms with E-state index >= 15 is 0 Å². The van der Waals surface area contributed by atoms with Gasteiger partial charge in [-0.2, -0.15) is 5.26 Å². The molecule has 0 atom stereocenters. The molecule has 0 aliphatic carbocycles. The molecule has 21 heavy (non-hydrogen) atoms. The predicted octanol–water partition coefficient (Wildman–Crippen LogP) is 0.947. The number of ether oxygens (including phenoxy) is 1. The third-order valence-corrected chi connectivity index (χ3v) is 3.63. The zero-order valence-corrected chi connectivity index (χ0v) is 12.5. The van der Waals surface area contributed by atoms with Crippen LogP contribution in [0, 0.1) is 18.3 Å². The van der Waals surface area contributed by atoms with Crippen LogP contribution in [0.4, 0.5) is 5.82 Å². The molecule has 1 fully saturated rings. The summed E-state index contributed by atoms with van der Waals surface area (Å²) in [5.74, 6) is 0.690. The summed E-state index contributed by atoms with van der Waals surface area (Å²) in [6.45, 7) is 6.09. The van der Waals surface area contributed by atoms with Crippen LogP contribution in [0.25, 0.3) is 0 Å². The number of rotatable bonds is 4. The lowest BCUT2D eigenvalue weighted by molar-refractivity contribution is -0.141. The third-order valence-electron chi connectivity index (χ3n) is 3.63. The highest BCUT2D eigenvalue weighted by molar-refractivity contribution is 5.69. The van der Waals surface area contributed by atoms with Crippen molar-refractivity contribution in [2.45, 2.75) is 13.3 Å². The van der Waals surface area contributed by atoms with Crippen LogP contribution >= 0.6 is 0 Å². The van der Waals surface area contributed by atoms with Crippen molar-refractivity contribution in [2.75, 3.05) is 44.7 Å². The van der Waals surface area contributed by atoms with Gasteiger partial charge in [-0.05, 0) is 19.1 Å². The van der Waals surface area contributed by atoms with Crippen molar-refractivity contribution >= 4 is 11.8 Å². The number of nitriles is 1. The number of aromatic nitrogens is 1. The molecule has 112 valence electrons. The highest BCUT2D eigenvalue weighted by atomic mass is 16.5. The summed E-state index contributed by atoms with van der Waals surface area (Å²) in [7, 11) is 1.41. The molecule has 0 N–H and O–H groups in total. The van der Waals surface area contributed by atoms with Gasteiger partial charge in [-0.25, -0.2) is 4.98 Å². The maximum atomic E-state index is 11.1. The van der Waals surface area contributed by atoms with E-state index in [2.05, 4.69) is 25.6 Å². The van der Waals surface area contributed by atoms with Gasteiger partial charge >= 0.3 is 5.97 Å². The fourth-order valence-electron chi connectivity index (χ4n) is 2.43. The number of carbonyl (C=O) groups is 1. The lowest BCUT2D eigenvalue weighted by atomic mass is 10.2. The number of piperazine rings is 1. The molecule has 2 heterocycles. The summed E-state index contributed by atoms with van der Waals surface area (Å²) in [6, 6.07) is 5.79. The van der Waals surface area contributed by atoms with Gasteiger partial charge < -0.3 is 9.64 Å². The van der Waals surface area contributed by atoms with Gasteiger partial charge in [-0.15, -0.1) is 0 Å². The highest BCUT2D eigenvalue weighted by Crippen LogP contribution is 2.16. The average Bonchev–Trinajstić information content (AvgIpc) is 2.52. The van der Waals surface area contributed by atoms with Crippen LogP contribution in [0.15, 0.2) is 12.1 Å². The first kappa shape index (κ1) is 15.3. The standard InChI is InChI=1S/C15H20N4O2/c1-12-9-13(11-16)10-14(17-12)19-7-5-18(6-8-19)4-3-15(20)21-2/h9-10H,3-8H2,1-2H3. The molecule has 0 saturated carbocycles. The minimum atomic E-state index is -0.170. The second kappa shape index (κ2) is 7.04. The van der Waals surface area contributed by atoms with Crippen LogP contribution < -0.4 is 4.90 Å². The molecule has 0 bridgehead atoms. The Hall–Kier alpha value is -2.13. The van der Waals surface area contributed by atoms with Crippen LogP contribution in [0.3, 0.4) is 0 Å². The van der Waals surface area contributed by atoms with Crippen molar-refractivity contribution in [1.82, 2.24) is 9.88 Å². The van der Waals surface area contributed by atoms with Crippen LogP contribution in [0.5, 0.6) is 0 Å². The Morgan fingerprint density at radius 1 is 1.38 bits per heavy atom.